The van der Waals surface area contributed by atoms with Gasteiger partial charge in [-0.05, 0) is 36.4 Å². The van der Waals surface area contributed by atoms with Crippen LogP contribution in [0.1, 0.15) is 5.56 Å². The Balaban J connectivity index is 2.00. The van der Waals surface area contributed by atoms with Gasteiger partial charge in [0.25, 0.3) is 0 Å². The van der Waals surface area contributed by atoms with E-state index in [2.05, 4.69) is 0 Å². The second kappa shape index (κ2) is 5.91. The Morgan fingerprint density at radius 2 is 1.91 bits per heavy atom. The van der Waals surface area contributed by atoms with Crippen LogP contribution in [-0.4, -0.2) is 19.3 Å². The molecule has 1 saturated heterocycles. The maximum Gasteiger partial charge on any atom is 0.415 e. The molecular weight excluding hydrogens is 342 g/mol. The van der Waals surface area contributed by atoms with Gasteiger partial charge in [-0.15, -0.1) is 0 Å². The molecule has 0 aromatic heterocycles. The molecule has 1 unspecified atom stereocenters. The Morgan fingerprint density at radius 1 is 1.22 bits per heavy atom. The van der Waals surface area contributed by atoms with Crippen molar-refractivity contribution in [1.29, 1.82) is 0 Å². The second-order valence-corrected chi connectivity index (χ2v) is 6.21. The van der Waals surface area contributed by atoms with E-state index in [0.717, 1.165) is 0 Å². The molecule has 2 aromatic carbocycles. The zero-order valence-corrected chi connectivity index (χ0v) is 13.4. The van der Waals surface area contributed by atoms with Gasteiger partial charge in [-0.1, -0.05) is 29.3 Å². The number of hydrogen-bond donors (Lipinski definition) is 1. The molecule has 7 heteroatoms. The van der Waals surface area contributed by atoms with Gasteiger partial charge >= 0.3 is 6.09 Å². The number of nitrogens with zero attached hydrogens (tertiary/aromatic N) is 1. The number of cyclic esters (lactones) is 1. The summed E-state index contributed by atoms with van der Waals surface area (Å²) in [7, 11) is 0. The van der Waals surface area contributed by atoms with Gasteiger partial charge in [-0.25, -0.2) is 9.18 Å². The van der Waals surface area contributed by atoms with Crippen molar-refractivity contribution < 1.29 is 13.9 Å². The van der Waals surface area contributed by atoms with Gasteiger partial charge in [0.15, 0.2) is 5.60 Å². The van der Waals surface area contributed by atoms with Gasteiger partial charge in [0.1, 0.15) is 6.67 Å². The smallest absolute Gasteiger partial charge is 0.415 e. The van der Waals surface area contributed by atoms with E-state index in [0.29, 0.717) is 27.0 Å². The molecule has 1 amide bonds. The minimum absolute atomic E-state index is 0.00244. The highest BCUT2D eigenvalue weighted by Gasteiger charge is 2.47. The van der Waals surface area contributed by atoms with E-state index in [4.69, 9.17) is 33.7 Å². The van der Waals surface area contributed by atoms with Crippen molar-refractivity contribution in [2.45, 2.75) is 5.60 Å². The largest absolute Gasteiger partial charge is 0.433 e. The molecule has 23 heavy (non-hydrogen) atoms. The van der Waals surface area contributed by atoms with Crippen molar-refractivity contribution in [3.05, 3.63) is 58.1 Å². The van der Waals surface area contributed by atoms with Crippen molar-refractivity contribution in [2.75, 3.05) is 23.9 Å². The fourth-order valence-electron chi connectivity index (χ4n) is 2.58. The molecule has 0 radical (unpaired) electrons. The summed E-state index contributed by atoms with van der Waals surface area (Å²) in [5.74, 6) is 0. The number of alkyl halides is 1. The van der Waals surface area contributed by atoms with Crippen molar-refractivity contribution in [3.8, 4) is 0 Å². The zero-order chi connectivity index (χ0) is 16.6. The van der Waals surface area contributed by atoms with Gasteiger partial charge in [-0.2, -0.15) is 0 Å². The van der Waals surface area contributed by atoms with Gasteiger partial charge < -0.3 is 10.5 Å². The number of ether oxygens (including phenoxy) is 1. The molecule has 3 rings (SSSR count). The monoisotopic (exact) mass is 354 g/mol. The number of benzene rings is 2. The summed E-state index contributed by atoms with van der Waals surface area (Å²) in [6.45, 7) is -0.892. The van der Waals surface area contributed by atoms with Gasteiger partial charge in [0, 0.05) is 27.0 Å². The first-order valence-electron chi connectivity index (χ1n) is 6.82. The second-order valence-electron chi connectivity index (χ2n) is 5.34. The highest BCUT2D eigenvalue weighted by atomic mass is 35.5. The first kappa shape index (κ1) is 15.9. The summed E-state index contributed by atoms with van der Waals surface area (Å²) in [6, 6.07) is 11.4. The highest BCUT2D eigenvalue weighted by Crippen LogP contribution is 2.38. The van der Waals surface area contributed by atoms with E-state index >= 15 is 0 Å². The fourth-order valence-corrected chi connectivity index (χ4v) is 3.10. The molecule has 0 spiro atoms. The van der Waals surface area contributed by atoms with Crippen molar-refractivity contribution in [2.24, 2.45) is 0 Å². The predicted octanol–water partition coefficient (Wildman–Crippen LogP) is 4.40. The maximum absolute atomic E-state index is 13.8. The maximum atomic E-state index is 13.8. The normalized spacial score (nSPS) is 20.7. The molecule has 1 aliphatic rings. The first-order chi connectivity index (χ1) is 10.9. The Kier molecular flexibility index (Phi) is 4.08. The lowest BCUT2D eigenvalue weighted by Crippen LogP contribution is -2.34. The molecule has 1 aliphatic heterocycles. The number of amides is 1. The fraction of sp³-hybridized carbons (Fsp3) is 0.188. The topological polar surface area (TPSA) is 55.6 Å². The van der Waals surface area contributed by atoms with Crippen LogP contribution >= 0.6 is 23.2 Å². The number of carbonyl (C=O) groups excluding carboxylic acids is 1. The minimum atomic E-state index is -1.45. The molecule has 120 valence electrons. The zero-order valence-electron chi connectivity index (χ0n) is 11.9. The third-order valence-electron chi connectivity index (χ3n) is 3.70. The summed E-state index contributed by atoms with van der Waals surface area (Å²) >= 11 is 12.0. The van der Waals surface area contributed by atoms with Crippen LogP contribution < -0.4 is 10.6 Å². The lowest BCUT2D eigenvalue weighted by atomic mass is 9.95. The Labute approximate surface area is 142 Å². The van der Waals surface area contributed by atoms with E-state index in [-0.39, 0.29) is 6.54 Å². The van der Waals surface area contributed by atoms with Crippen LogP contribution in [0.4, 0.5) is 20.6 Å². The molecule has 1 fully saturated rings. The third kappa shape index (κ3) is 2.94. The molecule has 4 nitrogen and oxygen atoms in total. The minimum Gasteiger partial charge on any atom is -0.433 e. The van der Waals surface area contributed by atoms with Crippen LogP contribution in [0.15, 0.2) is 42.5 Å². The molecule has 1 heterocycles. The van der Waals surface area contributed by atoms with Crippen LogP contribution in [0.25, 0.3) is 0 Å². The van der Waals surface area contributed by atoms with Gasteiger partial charge in [-0.3, -0.25) is 4.90 Å². The molecular formula is C16H13Cl2FN2O2. The summed E-state index contributed by atoms with van der Waals surface area (Å²) in [5, 5.41) is 0.692. The SMILES string of the molecule is Nc1cccc(N2CC(CF)(c3cc(Cl)cc(Cl)c3)OC2=O)c1. The van der Waals surface area contributed by atoms with Crippen LogP contribution in [0.2, 0.25) is 10.0 Å². The van der Waals surface area contributed by atoms with Crippen LogP contribution in [0.5, 0.6) is 0 Å². The first-order valence-corrected chi connectivity index (χ1v) is 7.58. The molecule has 0 aliphatic carbocycles. The Bertz CT molecular complexity index is 751. The number of anilines is 2. The van der Waals surface area contributed by atoms with E-state index < -0.39 is 18.4 Å². The molecule has 0 saturated carbocycles. The van der Waals surface area contributed by atoms with E-state index in [1.165, 1.54) is 11.0 Å². The van der Waals surface area contributed by atoms with E-state index in [9.17, 15) is 9.18 Å². The lowest BCUT2D eigenvalue weighted by molar-refractivity contribution is 0.0323. The number of nitrogens with two attached hydrogens (primary N) is 1. The van der Waals surface area contributed by atoms with Crippen LogP contribution in [0, 0.1) is 0 Å². The quantitative estimate of drug-likeness (QED) is 0.831. The molecule has 2 aromatic rings. The molecule has 2 N–H and O–H groups in total. The number of nitrogen functional groups attached to an aromatic ring is 1. The molecule has 0 bridgehead atoms. The Hall–Kier alpha value is -1.98. The number of carbonyl (C=O) groups is 1. The number of hydrogen-bond acceptors (Lipinski definition) is 3. The van der Waals surface area contributed by atoms with Gasteiger partial charge in [0.05, 0.1) is 6.54 Å². The van der Waals surface area contributed by atoms with Crippen molar-refractivity contribution >= 4 is 40.7 Å². The molecule has 1 atom stereocenters. The predicted molar refractivity (Wildman–Crippen MR) is 88.8 cm³/mol. The lowest BCUT2D eigenvalue weighted by Gasteiger charge is -2.24. The average molecular weight is 355 g/mol. The summed E-state index contributed by atoms with van der Waals surface area (Å²) in [4.78, 5) is 13.6. The summed E-state index contributed by atoms with van der Waals surface area (Å²) in [6.07, 6.45) is -0.649. The standard InChI is InChI=1S/C16H13Cl2FN2O2/c17-11-4-10(5-12(18)6-11)16(8-19)9-21(15(22)23-16)14-3-1-2-13(20)7-14/h1-7H,8-9,20H2. The van der Waals surface area contributed by atoms with Gasteiger partial charge in [0.2, 0.25) is 0 Å². The van der Waals surface area contributed by atoms with Crippen molar-refractivity contribution in [3.63, 3.8) is 0 Å². The number of halogens is 3. The third-order valence-corrected chi connectivity index (χ3v) is 4.14. The summed E-state index contributed by atoms with van der Waals surface area (Å²) < 4.78 is 19.2. The highest BCUT2D eigenvalue weighted by molar-refractivity contribution is 6.34. The number of rotatable bonds is 3. The van der Waals surface area contributed by atoms with Crippen molar-refractivity contribution in [1.82, 2.24) is 0 Å². The van der Waals surface area contributed by atoms with E-state index in [1.807, 2.05) is 0 Å². The van der Waals surface area contributed by atoms with E-state index in [1.54, 1.807) is 36.4 Å². The van der Waals surface area contributed by atoms with Crippen LogP contribution in [0.3, 0.4) is 0 Å². The Morgan fingerprint density at radius 3 is 2.52 bits per heavy atom. The average Bonchev–Trinajstić information content (AvgIpc) is 2.85. The summed E-state index contributed by atoms with van der Waals surface area (Å²) in [5.41, 5.74) is 5.74. The van der Waals surface area contributed by atoms with Crippen LogP contribution in [-0.2, 0) is 10.3 Å².